The molecule has 1 aromatic rings. The molecule has 1 N–H and O–H groups in total. The van der Waals surface area contributed by atoms with Crippen molar-refractivity contribution >= 4 is 21.8 Å². The normalized spacial score (nSPS) is 17.9. The maximum Gasteiger partial charge on any atom is 0.255 e. The highest BCUT2D eigenvalue weighted by Gasteiger charge is 2.19. The number of hydrogen-bond acceptors (Lipinski definition) is 3. The van der Waals surface area contributed by atoms with Crippen LogP contribution in [0.3, 0.4) is 0 Å². The zero-order valence-electron chi connectivity index (χ0n) is 10.6. The molecule has 2 rings (SSSR count). The lowest BCUT2D eigenvalue weighted by Crippen LogP contribution is -2.38. The van der Waals surface area contributed by atoms with Crippen molar-refractivity contribution in [1.29, 1.82) is 0 Å². The average molecular weight is 315 g/mol. The number of amides is 1. The zero-order valence-corrected chi connectivity index (χ0v) is 12.2. The summed E-state index contributed by atoms with van der Waals surface area (Å²) in [4.78, 5) is 14.3. The van der Waals surface area contributed by atoms with Crippen molar-refractivity contribution in [3.63, 3.8) is 0 Å². The van der Waals surface area contributed by atoms with Gasteiger partial charge in [-0.25, -0.2) is 0 Å². The van der Waals surface area contributed by atoms with E-state index in [0.717, 1.165) is 26.2 Å². The first-order valence-corrected chi connectivity index (χ1v) is 7.23. The lowest BCUT2D eigenvalue weighted by Gasteiger charge is -2.30. The van der Waals surface area contributed by atoms with Crippen molar-refractivity contribution in [2.24, 2.45) is 5.92 Å². The van der Waals surface area contributed by atoms with Crippen LogP contribution in [0.5, 0.6) is 0 Å². The SMILES string of the molecule is CCN1CCC(CNC(=O)c2ccoc2Br)CC1. The summed E-state index contributed by atoms with van der Waals surface area (Å²) < 4.78 is 5.56. The molecule has 18 heavy (non-hydrogen) atoms. The summed E-state index contributed by atoms with van der Waals surface area (Å²) in [7, 11) is 0. The van der Waals surface area contributed by atoms with Gasteiger partial charge in [-0.2, -0.15) is 0 Å². The molecule has 0 aromatic carbocycles. The van der Waals surface area contributed by atoms with Crippen LogP contribution in [0.1, 0.15) is 30.1 Å². The largest absolute Gasteiger partial charge is 0.457 e. The minimum atomic E-state index is -0.0615. The Kier molecular flexibility index (Phi) is 4.83. The molecule has 0 saturated carbocycles. The van der Waals surface area contributed by atoms with Crippen LogP contribution >= 0.6 is 15.9 Å². The summed E-state index contributed by atoms with van der Waals surface area (Å²) >= 11 is 3.22. The van der Waals surface area contributed by atoms with E-state index in [4.69, 9.17) is 4.42 Å². The third-order valence-corrected chi connectivity index (χ3v) is 4.18. The maximum absolute atomic E-state index is 11.9. The molecule has 4 nitrogen and oxygen atoms in total. The highest BCUT2D eigenvalue weighted by Crippen LogP contribution is 2.19. The molecule has 2 heterocycles. The molecule has 0 unspecified atom stereocenters. The van der Waals surface area contributed by atoms with Crippen LogP contribution in [0.4, 0.5) is 0 Å². The number of piperidine rings is 1. The third kappa shape index (κ3) is 3.36. The fourth-order valence-corrected chi connectivity index (χ4v) is 2.71. The number of halogens is 1. The quantitative estimate of drug-likeness (QED) is 0.928. The Hall–Kier alpha value is -0.810. The molecule has 1 aliphatic heterocycles. The van der Waals surface area contributed by atoms with E-state index in [-0.39, 0.29) is 5.91 Å². The number of carbonyl (C=O) groups excluding carboxylic acids is 1. The number of nitrogens with zero attached hydrogens (tertiary/aromatic N) is 1. The summed E-state index contributed by atoms with van der Waals surface area (Å²) in [6.07, 6.45) is 3.85. The first-order chi connectivity index (χ1) is 8.70. The van der Waals surface area contributed by atoms with Gasteiger partial charge in [0.25, 0.3) is 5.91 Å². The van der Waals surface area contributed by atoms with Crippen molar-refractivity contribution in [2.75, 3.05) is 26.2 Å². The Morgan fingerprint density at radius 1 is 1.56 bits per heavy atom. The highest BCUT2D eigenvalue weighted by atomic mass is 79.9. The van der Waals surface area contributed by atoms with E-state index in [2.05, 4.69) is 33.1 Å². The van der Waals surface area contributed by atoms with Gasteiger partial charge >= 0.3 is 0 Å². The molecular weight excluding hydrogens is 296 g/mol. The second-order valence-corrected chi connectivity index (χ2v) is 5.42. The smallest absolute Gasteiger partial charge is 0.255 e. The first-order valence-electron chi connectivity index (χ1n) is 6.44. The number of furan rings is 1. The zero-order chi connectivity index (χ0) is 13.0. The molecule has 100 valence electrons. The van der Waals surface area contributed by atoms with Gasteiger partial charge in [0.05, 0.1) is 11.8 Å². The van der Waals surface area contributed by atoms with Crippen LogP contribution in [0, 0.1) is 5.92 Å². The Morgan fingerprint density at radius 3 is 2.83 bits per heavy atom. The fraction of sp³-hybridized carbons (Fsp3) is 0.615. The van der Waals surface area contributed by atoms with Crippen molar-refractivity contribution in [1.82, 2.24) is 10.2 Å². The van der Waals surface area contributed by atoms with Crippen LogP contribution in [0.15, 0.2) is 21.4 Å². The fourth-order valence-electron chi connectivity index (χ4n) is 2.29. The van der Waals surface area contributed by atoms with Gasteiger partial charge in [0.1, 0.15) is 0 Å². The van der Waals surface area contributed by atoms with Gasteiger partial charge in [-0.1, -0.05) is 6.92 Å². The predicted molar refractivity (Wildman–Crippen MR) is 73.6 cm³/mol. The lowest BCUT2D eigenvalue weighted by molar-refractivity contribution is 0.0935. The van der Waals surface area contributed by atoms with Crippen LogP contribution in [0.2, 0.25) is 0 Å². The number of likely N-dealkylation sites (tertiary alicyclic amines) is 1. The van der Waals surface area contributed by atoms with Gasteiger partial charge in [-0.05, 0) is 60.4 Å². The molecule has 1 aliphatic rings. The number of carbonyl (C=O) groups is 1. The van der Waals surface area contributed by atoms with E-state index < -0.39 is 0 Å². The molecule has 0 aliphatic carbocycles. The van der Waals surface area contributed by atoms with Gasteiger partial charge in [-0.3, -0.25) is 4.79 Å². The summed E-state index contributed by atoms with van der Waals surface area (Å²) in [6, 6.07) is 1.68. The molecule has 0 atom stereocenters. The molecule has 5 heteroatoms. The minimum Gasteiger partial charge on any atom is -0.457 e. The molecule has 1 fully saturated rings. The summed E-state index contributed by atoms with van der Waals surface area (Å²) in [6.45, 7) is 6.37. The molecule has 1 aromatic heterocycles. The Balaban J connectivity index is 1.76. The van der Waals surface area contributed by atoms with E-state index in [9.17, 15) is 4.79 Å². The van der Waals surface area contributed by atoms with Crippen molar-refractivity contribution in [3.05, 3.63) is 22.6 Å². The monoisotopic (exact) mass is 314 g/mol. The molecule has 0 radical (unpaired) electrons. The van der Waals surface area contributed by atoms with E-state index in [1.165, 1.54) is 19.1 Å². The maximum atomic E-state index is 11.9. The highest BCUT2D eigenvalue weighted by molar-refractivity contribution is 9.10. The minimum absolute atomic E-state index is 0.0615. The molecule has 0 bridgehead atoms. The predicted octanol–water partition coefficient (Wildman–Crippen LogP) is 2.50. The Bertz CT molecular complexity index is 397. The topological polar surface area (TPSA) is 45.5 Å². The van der Waals surface area contributed by atoms with Gasteiger partial charge in [0, 0.05) is 6.54 Å². The summed E-state index contributed by atoms with van der Waals surface area (Å²) in [5, 5.41) is 2.98. The van der Waals surface area contributed by atoms with E-state index in [0.29, 0.717) is 16.2 Å². The molecule has 0 spiro atoms. The molecular formula is C13H19BrN2O2. The summed E-state index contributed by atoms with van der Waals surface area (Å²) in [5.74, 6) is 0.538. The van der Waals surface area contributed by atoms with Crippen molar-refractivity contribution in [2.45, 2.75) is 19.8 Å². The van der Waals surface area contributed by atoms with Crippen LogP contribution in [0.25, 0.3) is 0 Å². The third-order valence-electron chi connectivity index (χ3n) is 3.57. The van der Waals surface area contributed by atoms with Gasteiger partial charge < -0.3 is 14.6 Å². The number of rotatable bonds is 4. The van der Waals surface area contributed by atoms with E-state index in [1.54, 1.807) is 6.07 Å². The van der Waals surface area contributed by atoms with Gasteiger partial charge in [0.15, 0.2) is 4.67 Å². The number of hydrogen-bond donors (Lipinski definition) is 1. The van der Waals surface area contributed by atoms with Crippen molar-refractivity contribution in [3.8, 4) is 0 Å². The van der Waals surface area contributed by atoms with Crippen molar-refractivity contribution < 1.29 is 9.21 Å². The molecule has 1 saturated heterocycles. The van der Waals surface area contributed by atoms with Gasteiger partial charge in [-0.15, -0.1) is 0 Å². The Morgan fingerprint density at radius 2 is 2.28 bits per heavy atom. The number of nitrogens with one attached hydrogen (secondary N) is 1. The van der Waals surface area contributed by atoms with Crippen LogP contribution < -0.4 is 5.32 Å². The average Bonchev–Trinajstić information content (AvgIpc) is 2.83. The van der Waals surface area contributed by atoms with Crippen LogP contribution in [-0.4, -0.2) is 37.0 Å². The van der Waals surface area contributed by atoms with E-state index in [1.807, 2.05) is 0 Å². The second kappa shape index (κ2) is 6.38. The summed E-state index contributed by atoms with van der Waals surface area (Å²) in [5.41, 5.74) is 0.570. The lowest BCUT2D eigenvalue weighted by atomic mass is 9.97. The molecule has 1 amide bonds. The standard InChI is InChI=1S/C13H19BrN2O2/c1-2-16-6-3-10(4-7-16)9-15-13(17)11-5-8-18-12(11)14/h5,8,10H,2-4,6-7,9H2,1H3,(H,15,17). The second-order valence-electron chi connectivity index (χ2n) is 4.70. The van der Waals surface area contributed by atoms with E-state index >= 15 is 0 Å². The van der Waals surface area contributed by atoms with Gasteiger partial charge in [0.2, 0.25) is 0 Å². The Labute approximate surface area is 116 Å². The first kappa shape index (κ1) is 13.6. The van der Waals surface area contributed by atoms with Crippen LogP contribution in [-0.2, 0) is 0 Å².